The summed E-state index contributed by atoms with van der Waals surface area (Å²) in [6.45, 7) is 8.46. The first-order valence-electron chi connectivity index (χ1n) is 4.53. The Morgan fingerprint density at radius 1 is 1.58 bits per heavy atom. The van der Waals surface area contributed by atoms with Gasteiger partial charge in [-0.1, -0.05) is 20.8 Å². The van der Waals surface area contributed by atoms with Crippen LogP contribution in [0.1, 0.15) is 34.1 Å². The molecule has 0 saturated heterocycles. The summed E-state index contributed by atoms with van der Waals surface area (Å²) >= 11 is 0. The lowest BCUT2D eigenvalue weighted by atomic mass is 9.86. The van der Waals surface area contributed by atoms with Crippen LogP contribution in [0.5, 0.6) is 0 Å². The van der Waals surface area contributed by atoms with Crippen molar-refractivity contribution >= 4 is 0 Å². The number of ether oxygens (including phenoxy) is 1. The molecule has 1 rings (SSSR count). The fourth-order valence-electron chi connectivity index (χ4n) is 1.24. The van der Waals surface area contributed by atoms with Crippen molar-refractivity contribution in [2.24, 2.45) is 11.1 Å². The van der Waals surface area contributed by atoms with E-state index in [1.165, 1.54) is 0 Å². The van der Waals surface area contributed by atoms with Crippen LogP contribution in [-0.4, -0.2) is 12.1 Å². The maximum Gasteiger partial charge on any atom is 0.110 e. The van der Waals surface area contributed by atoms with Crippen molar-refractivity contribution in [3.05, 3.63) is 11.8 Å². The number of hydrogen-bond acceptors (Lipinski definition) is 2. The molecule has 0 radical (unpaired) electrons. The molecule has 0 aliphatic carbocycles. The summed E-state index contributed by atoms with van der Waals surface area (Å²) in [5.41, 5.74) is 6.12. The van der Waals surface area contributed by atoms with Crippen LogP contribution < -0.4 is 5.73 Å². The van der Waals surface area contributed by atoms with Crippen molar-refractivity contribution in [3.63, 3.8) is 0 Å². The number of hydrogen-bond donors (Lipinski definition) is 1. The third-order valence-electron chi connectivity index (χ3n) is 2.23. The molecule has 1 unspecified atom stereocenters. The van der Waals surface area contributed by atoms with Crippen molar-refractivity contribution in [2.75, 3.05) is 0 Å². The quantitative estimate of drug-likeness (QED) is 0.652. The summed E-state index contributed by atoms with van der Waals surface area (Å²) in [7, 11) is 0. The van der Waals surface area contributed by atoms with Crippen LogP contribution in [-0.2, 0) is 4.74 Å². The van der Waals surface area contributed by atoms with E-state index in [4.69, 9.17) is 10.5 Å². The van der Waals surface area contributed by atoms with Gasteiger partial charge in [0.05, 0.1) is 12.1 Å². The molecule has 0 bridgehead atoms. The monoisotopic (exact) mass is 169 g/mol. The van der Waals surface area contributed by atoms with Crippen LogP contribution in [0.3, 0.4) is 0 Å². The second-order valence-electron chi connectivity index (χ2n) is 4.61. The summed E-state index contributed by atoms with van der Waals surface area (Å²) in [4.78, 5) is 0. The molecule has 2 nitrogen and oxygen atoms in total. The summed E-state index contributed by atoms with van der Waals surface area (Å²) in [6.07, 6.45) is 3.42. The minimum atomic E-state index is 0.0300. The van der Waals surface area contributed by atoms with Gasteiger partial charge in [0.1, 0.15) is 5.76 Å². The average molecular weight is 169 g/mol. The Morgan fingerprint density at radius 3 is 2.50 bits per heavy atom. The fourth-order valence-corrected chi connectivity index (χ4v) is 1.24. The van der Waals surface area contributed by atoms with Gasteiger partial charge in [-0.25, -0.2) is 0 Å². The fraction of sp³-hybridized carbons (Fsp3) is 0.800. The zero-order valence-electron chi connectivity index (χ0n) is 8.42. The largest absolute Gasteiger partial charge is 0.493 e. The molecule has 0 aromatic rings. The molecule has 2 N–H and O–H groups in total. The van der Waals surface area contributed by atoms with Crippen LogP contribution in [0.15, 0.2) is 11.8 Å². The van der Waals surface area contributed by atoms with Gasteiger partial charge in [0.15, 0.2) is 0 Å². The van der Waals surface area contributed by atoms with Crippen molar-refractivity contribution < 1.29 is 4.74 Å². The molecular weight excluding hydrogens is 150 g/mol. The summed E-state index contributed by atoms with van der Waals surface area (Å²) in [6, 6.07) is 0.0300. The highest BCUT2D eigenvalue weighted by molar-refractivity contribution is 5.11. The van der Waals surface area contributed by atoms with Crippen LogP contribution >= 0.6 is 0 Å². The van der Waals surface area contributed by atoms with E-state index in [2.05, 4.69) is 33.8 Å². The van der Waals surface area contributed by atoms with Gasteiger partial charge in [0.25, 0.3) is 0 Å². The molecule has 0 aromatic heterocycles. The molecule has 0 spiro atoms. The average Bonchev–Trinajstić information content (AvgIpc) is 2.32. The Balaban J connectivity index is 2.60. The Morgan fingerprint density at radius 2 is 2.17 bits per heavy atom. The molecule has 0 fully saturated rings. The third-order valence-corrected chi connectivity index (χ3v) is 2.23. The highest BCUT2D eigenvalue weighted by Crippen LogP contribution is 2.28. The summed E-state index contributed by atoms with van der Waals surface area (Å²) in [5.74, 6) is 0.968. The van der Waals surface area contributed by atoms with E-state index in [-0.39, 0.29) is 11.5 Å². The van der Waals surface area contributed by atoms with Gasteiger partial charge < -0.3 is 10.5 Å². The van der Waals surface area contributed by atoms with Gasteiger partial charge in [0.2, 0.25) is 0 Å². The summed E-state index contributed by atoms with van der Waals surface area (Å²) in [5, 5.41) is 0. The lowest BCUT2D eigenvalue weighted by molar-refractivity contribution is 0.126. The van der Waals surface area contributed by atoms with E-state index >= 15 is 0 Å². The zero-order valence-corrected chi connectivity index (χ0v) is 8.42. The first-order valence-corrected chi connectivity index (χ1v) is 4.53. The lowest BCUT2D eigenvalue weighted by Crippen LogP contribution is -2.37. The predicted molar refractivity (Wildman–Crippen MR) is 50.7 cm³/mol. The van der Waals surface area contributed by atoms with Crippen molar-refractivity contribution in [2.45, 2.75) is 46.3 Å². The molecule has 0 saturated carbocycles. The van der Waals surface area contributed by atoms with E-state index in [1.54, 1.807) is 0 Å². The van der Waals surface area contributed by atoms with Crippen LogP contribution in [0.2, 0.25) is 0 Å². The lowest BCUT2D eigenvalue weighted by Gasteiger charge is -2.28. The van der Waals surface area contributed by atoms with Gasteiger partial charge in [0, 0.05) is 6.42 Å². The number of rotatable bonds is 1. The molecule has 1 heterocycles. The van der Waals surface area contributed by atoms with Crippen molar-refractivity contribution in [1.82, 2.24) is 0 Å². The second-order valence-corrected chi connectivity index (χ2v) is 4.61. The van der Waals surface area contributed by atoms with E-state index in [1.807, 2.05) is 0 Å². The van der Waals surface area contributed by atoms with Gasteiger partial charge in [-0.2, -0.15) is 0 Å². The first-order chi connectivity index (χ1) is 5.41. The molecule has 0 amide bonds. The Kier molecular flexibility index (Phi) is 2.47. The zero-order chi connectivity index (χ0) is 9.35. The first kappa shape index (κ1) is 9.59. The van der Waals surface area contributed by atoms with E-state index < -0.39 is 0 Å². The van der Waals surface area contributed by atoms with Gasteiger partial charge in [-0.3, -0.25) is 0 Å². The highest BCUT2D eigenvalue weighted by atomic mass is 16.5. The van der Waals surface area contributed by atoms with E-state index in [0.29, 0.717) is 6.10 Å². The molecule has 70 valence electrons. The second kappa shape index (κ2) is 3.09. The Hall–Kier alpha value is -0.500. The number of nitrogens with two attached hydrogens (primary N) is 1. The molecule has 1 aliphatic rings. The third kappa shape index (κ3) is 2.01. The standard InChI is InChI=1S/C10H19NO/c1-7-5-6-8(12-7)9(11)10(2,3)4/h6-7,9H,5,11H2,1-4H3/t7?,9-/m0/s1. The van der Waals surface area contributed by atoms with E-state index in [0.717, 1.165) is 12.2 Å². The highest BCUT2D eigenvalue weighted by Gasteiger charge is 2.28. The van der Waals surface area contributed by atoms with Crippen LogP contribution in [0, 0.1) is 5.41 Å². The Bertz CT molecular complexity index is 191. The smallest absolute Gasteiger partial charge is 0.110 e. The maximum atomic E-state index is 6.02. The molecular formula is C10H19NO. The van der Waals surface area contributed by atoms with Crippen molar-refractivity contribution in [1.29, 1.82) is 0 Å². The topological polar surface area (TPSA) is 35.2 Å². The van der Waals surface area contributed by atoms with Gasteiger partial charge >= 0.3 is 0 Å². The van der Waals surface area contributed by atoms with Crippen LogP contribution in [0.4, 0.5) is 0 Å². The van der Waals surface area contributed by atoms with Crippen LogP contribution in [0.25, 0.3) is 0 Å². The van der Waals surface area contributed by atoms with Gasteiger partial charge in [-0.15, -0.1) is 0 Å². The maximum absolute atomic E-state index is 6.02. The molecule has 12 heavy (non-hydrogen) atoms. The van der Waals surface area contributed by atoms with E-state index in [9.17, 15) is 0 Å². The predicted octanol–water partition coefficient (Wildman–Crippen LogP) is 2.05. The van der Waals surface area contributed by atoms with Gasteiger partial charge in [-0.05, 0) is 18.4 Å². The minimum absolute atomic E-state index is 0.0300. The molecule has 0 aromatic carbocycles. The van der Waals surface area contributed by atoms with Crippen molar-refractivity contribution in [3.8, 4) is 0 Å². The molecule has 2 heteroatoms. The molecule has 1 aliphatic heterocycles. The SMILES string of the molecule is CC1CC=C([C@H](N)C(C)(C)C)O1. The Labute approximate surface area is 74.8 Å². The molecule has 2 atom stereocenters. The normalized spacial score (nSPS) is 26.4. The minimum Gasteiger partial charge on any atom is -0.493 e. The summed E-state index contributed by atoms with van der Waals surface area (Å²) < 4.78 is 5.59.